The summed E-state index contributed by atoms with van der Waals surface area (Å²) in [4.78, 5) is 0. The average Bonchev–Trinajstić information content (AvgIpc) is 2.86. The third-order valence-corrected chi connectivity index (χ3v) is 2.68. The largest absolute Gasteiger partial charge is 0.385 e. The van der Waals surface area contributed by atoms with Crippen molar-refractivity contribution in [2.45, 2.75) is 19.5 Å². The van der Waals surface area contributed by atoms with E-state index in [0.29, 0.717) is 6.61 Å². The fourth-order valence-electron chi connectivity index (χ4n) is 1.66. The predicted molar refractivity (Wildman–Crippen MR) is 73.1 cm³/mol. The summed E-state index contributed by atoms with van der Waals surface area (Å²) in [6.45, 7) is 5.30. The van der Waals surface area contributed by atoms with Crippen LogP contribution in [0.1, 0.15) is 12.1 Å². The van der Waals surface area contributed by atoms with Crippen molar-refractivity contribution in [1.29, 1.82) is 0 Å². The molecule has 0 aromatic carbocycles. The number of aromatic nitrogens is 2. The second-order valence-corrected chi connectivity index (χ2v) is 4.17. The Morgan fingerprint density at radius 2 is 2.00 bits per heavy atom. The topological polar surface area (TPSA) is 57.5 Å². The highest BCUT2D eigenvalue weighted by molar-refractivity contribution is 4.99. The molecule has 1 heterocycles. The second-order valence-electron chi connectivity index (χ2n) is 4.17. The van der Waals surface area contributed by atoms with Crippen molar-refractivity contribution in [3.63, 3.8) is 0 Å². The molecular formula is C13H25N3O3. The van der Waals surface area contributed by atoms with Gasteiger partial charge in [0.15, 0.2) is 0 Å². The van der Waals surface area contributed by atoms with Gasteiger partial charge in [-0.1, -0.05) is 0 Å². The monoisotopic (exact) mass is 271 g/mol. The van der Waals surface area contributed by atoms with Gasteiger partial charge in [-0.3, -0.25) is 4.68 Å². The van der Waals surface area contributed by atoms with E-state index in [9.17, 15) is 0 Å². The predicted octanol–water partition coefficient (Wildman–Crippen LogP) is 0.672. The molecule has 0 saturated heterocycles. The molecule has 110 valence electrons. The van der Waals surface area contributed by atoms with Gasteiger partial charge in [-0.15, -0.1) is 0 Å². The molecule has 1 rings (SSSR count). The molecule has 0 radical (unpaired) electrons. The smallest absolute Gasteiger partial charge is 0.0662 e. The highest BCUT2D eigenvalue weighted by Crippen LogP contribution is 1.98. The van der Waals surface area contributed by atoms with E-state index in [0.717, 1.165) is 51.6 Å². The SMILES string of the molecule is COCCCOCCn1nccc1CNCCOC. The summed E-state index contributed by atoms with van der Waals surface area (Å²) in [6, 6.07) is 2.02. The van der Waals surface area contributed by atoms with Crippen LogP contribution in [0.2, 0.25) is 0 Å². The molecule has 6 heteroatoms. The number of hydrogen-bond acceptors (Lipinski definition) is 5. The second kappa shape index (κ2) is 10.9. The van der Waals surface area contributed by atoms with Gasteiger partial charge < -0.3 is 19.5 Å². The highest BCUT2D eigenvalue weighted by atomic mass is 16.5. The maximum Gasteiger partial charge on any atom is 0.0662 e. The van der Waals surface area contributed by atoms with Gasteiger partial charge in [-0.2, -0.15) is 5.10 Å². The van der Waals surface area contributed by atoms with E-state index in [1.54, 1.807) is 14.2 Å². The minimum absolute atomic E-state index is 0.677. The first-order valence-corrected chi connectivity index (χ1v) is 6.65. The zero-order valence-electron chi connectivity index (χ0n) is 11.9. The van der Waals surface area contributed by atoms with Crippen LogP contribution in [0.15, 0.2) is 12.3 Å². The molecule has 6 nitrogen and oxygen atoms in total. The molecule has 0 spiro atoms. The number of nitrogens with zero attached hydrogens (tertiary/aromatic N) is 2. The van der Waals surface area contributed by atoms with Gasteiger partial charge in [0, 0.05) is 46.7 Å². The van der Waals surface area contributed by atoms with Gasteiger partial charge in [0.1, 0.15) is 0 Å². The van der Waals surface area contributed by atoms with Crippen LogP contribution >= 0.6 is 0 Å². The molecule has 0 aliphatic heterocycles. The van der Waals surface area contributed by atoms with Crippen molar-refractivity contribution in [1.82, 2.24) is 15.1 Å². The average molecular weight is 271 g/mol. The fourth-order valence-corrected chi connectivity index (χ4v) is 1.66. The third kappa shape index (κ3) is 7.27. The van der Waals surface area contributed by atoms with Crippen LogP contribution < -0.4 is 5.32 Å². The Kier molecular flexibility index (Phi) is 9.26. The molecule has 0 saturated carbocycles. The maximum absolute atomic E-state index is 5.53. The van der Waals surface area contributed by atoms with Crippen molar-refractivity contribution in [2.24, 2.45) is 0 Å². The van der Waals surface area contributed by atoms with Gasteiger partial charge in [0.25, 0.3) is 0 Å². The van der Waals surface area contributed by atoms with E-state index in [1.165, 1.54) is 0 Å². The summed E-state index contributed by atoms with van der Waals surface area (Å²) < 4.78 is 17.4. The van der Waals surface area contributed by atoms with E-state index >= 15 is 0 Å². The summed E-state index contributed by atoms with van der Waals surface area (Å²) in [7, 11) is 3.40. The van der Waals surface area contributed by atoms with E-state index < -0.39 is 0 Å². The first-order valence-electron chi connectivity index (χ1n) is 6.65. The Morgan fingerprint density at radius 3 is 2.79 bits per heavy atom. The quantitative estimate of drug-likeness (QED) is 0.566. The number of ether oxygens (including phenoxy) is 3. The number of methoxy groups -OCH3 is 2. The van der Waals surface area contributed by atoms with E-state index in [1.807, 2.05) is 16.9 Å². The van der Waals surface area contributed by atoms with Crippen molar-refractivity contribution >= 4 is 0 Å². The molecule has 0 bridgehead atoms. The van der Waals surface area contributed by atoms with Crippen molar-refractivity contribution in [3.05, 3.63) is 18.0 Å². The van der Waals surface area contributed by atoms with Crippen LogP contribution in [0.3, 0.4) is 0 Å². The molecule has 0 amide bonds. The minimum Gasteiger partial charge on any atom is -0.385 e. The van der Waals surface area contributed by atoms with E-state index in [-0.39, 0.29) is 0 Å². The van der Waals surface area contributed by atoms with E-state index in [2.05, 4.69) is 10.4 Å². The Balaban J connectivity index is 2.13. The Labute approximate surface area is 115 Å². The van der Waals surface area contributed by atoms with E-state index in [4.69, 9.17) is 14.2 Å². The molecule has 0 aliphatic carbocycles. The highest BCUT2D eigenvalue weighted by Gasteiger charge is 2.01. The Morgan fingerprint density at radius 1 is 1.16 bits per heavy atom. The van der Waals surface area contributed by atoms with Gasteiger partial charge in [-0.05, 0) is 12.5 Å². The van der Waals surface area contributed by atoms with Crippen molar-refractivity contribution in [2.75, 3.05) is 47.2 Å². The number of rotatable bonds is 12. The summed E-state index contributed by atoms with van der Waals surface area (Å²) >= 11 is 0. The molecular weight excluding hydrogens is 246 g/mol. The maximum atomic E-state index is 5.53. The fraction of sp³-hybridized carbons (Fsp3) is 0.769. The summed E-state index contributed by atoms with van der Waals surface area (Å²) in [5, 5.41) is 7.59. The lowest BCUT2D eigenvalue weighted by Crippen LogP contribution is -2.21. The number of nitrogens with one attached hydrogen (secondary N) is 1. The lowest BCUT2D eigenvalue weighted by Gasteiger charge is -2.09. The lowest BCUT2D eigenvalue weighted by atomic mass is 10.4. The summed E-state index contributed by atoms with van der Waals surface area (Å²) in [5.74, 6) is 0. The molecule has 0 aliphatic rings. The van der Waals surface area contributed by atoms with Crippen LogP contribution in [0.25, 0.3) is 0 Å². The Hall–Kier alpha value is -0.950. The third-order valence-electron chi connectivity index (χ3n) is 2.68. The molecule has 19 heavy (non-hydrogen) atoms. The van der Waals surface area contributed by atoms with Gasteiger partial charge >= 0.3 is 0 Å². The lowest BCUT2D eigenvalue weighted by molar-refractivity contribution is 0.0956. The summed E-state index contributed by atoms with van der Waals surface area (Å²) in [6.07, 6.45) is 2.75. The van der Waals surface area contributed by atoms with Crippen LogP contribution in [0, 0.1) is 0 Å². The molecule has 0 atom stereocenters. The Bertz CT molecular complexity index is 318. The van der Waals surface area contributed by atoms with Gasteiger partial charge in [0.05, 0.1) is 25.5 Å². The van der Waals surface area contributed by atoms with Crippen LogP contribution in [-0.2, 0) is 27.3 Å². The number of hydrogen-bond donors (Lipinski definition) is 1. The van der Waals surface area contributed by atoms with Crippen molar-refractivity contribution in [3.8, 4) is 0 Å². The molecule has 0 fully saturated rings. The first-order chi connectivity index (χ1) is 9.38. The van der Waals surface area contributed by atoms with Crippen LogP contribution in [-0.4, -0.2) is 57.0 Å². The molecule has 0 unspecified atom stereocenters. The zero-order chi connectivity index (χ0) is 13.8. The van der Waals surface area contributed by atoms with Gasteiger partial charge in [0.2, 0.25) is 0 Å². The normalized spacial score (nSPS) is 11.1. The van der Waals surface area contributed by atoms with Gasteiger partial charge in [-0.25, -0.2) is 0 Å². The van der Waals surface area contributed by atoms with Crippen molar-refractivity contribution < 1.29 is 14.2 Å². The minimum atomic E-state index is 0.677. The first kappa shape index (κ1) is 16.1. The molecule has 1 N–H and O–H groups in total. The molecule has 1 aromatic rings. The summed E-state index contributed by atoms with van der Waals surface area (Å²) in [5.41, 5.74) is 1.16. The standard InChI is InChI=1S/C13H25N3O3/c1-17-8-3-9-19-11-7-16-13(4-5-15-16)12-14-6-10-18-2/h4-5,14H,3,6-12H2,1-2H3. The molecule has 1 aromatic heterocycles. The zero-order valence-corrected chi connectivity index (χ0v) is 11.9. The van der Waals surface area contributed by atoms with Crippen LogP contribution in [0.5, 0.6) is 0 Å². The van der Waals surface area contributed by atoms with Crippen LogP contribution in [0.4, 0.5) is 0 Å².